The van der Waals surface area contributed by atoms with Gasteiger partial charge in [-0.1, -0.05) is 18.5 Å². The Bertz CT molecular complexity index is 521. The van der Waals surface area contributed by atoms with Crippen LogP contribution in [0.5, 0.6) is 0 Å². The number of benzene rings is 1. The van der Waals surface area contributed by atoms with Crippen LogP contribution in [0.2, 0.25) is 5.02 Å². The minimum atomic E-state index is -0.332. The fraction of sp³-hybridized carbons (Fsp3) is 0.562. The summed E-state index contributed by atoms with van der Waals surface area (Å²) in [6.45, 7) is 7.59. The van der Waals surface area contributed by atoms with Gasteiger partial charge in [0.1, 0.15) is 0 Å². The Morgan fingerprint density at radius 1 is 1.52 bits per heavy atom. The highest BCUT2D eigenvalue weighted by Crippen LogP contribution is 2.27. The van der Waals surface area contributed by atoms with Gasteiger partial charge in [-0.05, 0) is 44.9 Å². The third-order valence-corrected chi connectivity index (χ3v) is 4.31. The van der Waals surface area contributed by atoms with Crippen LogP contribution in [0.3, 0.4) is 0 Å². The van der Waals surface area contributed by atoms with Crippen LogP contribution >= 0.6 is 11.6 Å². The Labute approximate surface area is 131 Å². The van der Waals surface area contributed by atoms with Gasteiger partial charge in [0.25, 0.3) is 5.91 Å². The molecule has 1 aliphatic rings. The lowest BCUT2D eigenvalue weighted by Crippen LogP contribution is -2.50. The van der Waals surface area contributed by atoms with Gasteiger partial charge in [-0.2, -0.15) is 0 Å². The lowest BCUT2D eigenvalue weighted by molar-refractivity contribution is 0.0728. The number of nitrogens with one attached hydrogen (secondary N) is 2. The van der Waals surface area contributed by atoms with E-state index in [0.29, 0.717) is 17.2 Å². The predicted octanol–water partition coefficient (Wildman–Crippen LogP) is 3.46. The van der Waals surface area contributed by atoms with Crippen molar-refractivity contribution in [2.24, 2.45) is 0 Å². The molecule has 2 atom stereocenters. The number of hydrogen-bond acceptors (Lipinski definition) is 3. The number of carbonyl (C=O) groups is 1. The van der Waals surface area contributed by atoms with Gasteiger partial charge in [0.05, 0.1) is 17.2 Å². The first-order valence-corrected chi connectivity index (χ1v) is 7.81. The Kier molecular flexibility index (Phi) is 5.12. The zero-order valence-electron chi connectivity index (χ0n) is 12.8. The van der Waals surface area contributed by atoms with Crippen LogP contribution in [0, 0.1) is 0 Å². The molecule has 0 saturated carbocycles. The summed E-state index contributed by atoms with van der Waals surface area (Å²) in [6, 6.07) is 5.35. The van der Waals surface area contributed by atoms with E-state index in [1.54, 1.807) is 12.1 Å². The van der Waals surface area contributed by atoms with E-state index in [1.807, 2.05) is 19.9 Å². The van der Waals surface area contributed by atoms with Crippen molar-refractivity contribution in [2.45, 2.75) is 45.3 Å². The summed E-state index contributed by atoms with van der Waals surface area (Å²) in [5.74, 6) is -0.115. The second-order valence-corrected chi connectivity index (χ2v) is 6.19. The monoisotopic (exact) mass is 310 g/mol. The molecule has 5 heteroatoms. The molecule has 2 rings (SSSR count). The molecule has 116 valence electrons. The Morgan fingerprint density at radius 3 is 2.90 bits per heavy atom. The Morgan fingerprint density at radius 2 is 2.29 bits per heavy atom. The summed E-state index contributed by atoms with van der Waals surface area (Å²) in [4.78, 5) is 12.6. The second kappa shape index (κ2) is 6.67. The number of hydrogen-bond donors (Lipinski definition) is 2. The van der Waals surface area contributed by atoms with Crippen LogP contribution in [-0.2, 0) is 4.74 Å². The maximum atomic E-state index is 12.6. The molecule has 1 saturated heterocycles. The Hall–Kier alpha value is -1.26. The van der Waals surface area contributed by atoms with Gasteiger partial charge in [-0.15, -0.1) is 0 Å². The smallest absolute Gasteiger partial charge is 0.253 e. The molecule has 2 N–H and O–H groups in total. The van der Waals surface area contributed by atoms with Crippen molar-refractivity contribution in [3.05, 3.63) is 28.8 Å². The van der Waals surface area contributed by atoms with Crippen molar-refractivity contribution in [2.75, 3.05) is 18.5 Å². The van der Waals surface area contributed by atoms with Gasteiger partial charge < -0.3 is 15.4 Å². The van der Waals surface area contributed by atoms with Crippen LogP contribution in [0.25, 0.3) is 0 Å². The van der Waals surface area contributed by atoms with Gasteiger partial charge in [0, 0.05) is 23.9 Å². The number of ether oxygens (including phenoxy) is 1. The van der Waals surface area contributed by atoms with E-state index in [2.05, 4.69) is 17.6 Å². The van der Waals surface area contributed by atoms with Crippen molar-refractivity contribution >= 4 is 23.2 Å². The van der Waals surface area contributed by atoms with E-state index in [0.717, 1.165) is 25.1 Å². The van der Waals surface area contributed by atoms with Gasteiger partial charge in [-0.3, -0.25) is 4.79 Å². The zero-order valence-corrected chi connectivity index (χ0v) is 13.6. The van der Waals surface area contributed by atoms with Crippen LogP contribution in [0.4, 0.5) is 5.69 Å². The van der Waals surface area contributed by atoms with Crippen molar-refractivity contribution in [3.8, 4) is 0 Å². The van der Waals surface area contributed by atoms with E-state index in [9.17, 15) is 4.79 Å². The lowest BCUT2D eigenvalue weighted by atomic mass is 9.94. The average molecular weight is 311 g/mol. The minimum absolute atomic E-state index is 0.00712. The zero-order chi connectivity index (χ0) is 15.5. The summed E-state index contributed by atoms with van der Waals surface area (Å²) >= 11 is 6.04. The highest BCUT2D eigenvalue weighted by atomic mass is 35.5. The van der Waals surface area contributed by atoms with E-state index < -0.39 is 0 Å². The minimum Gasteiger partial charge on any atom is -0.384 e. The fourth-order valence-electron chi connectivity index (χ4n) is 2.44. The fourth-order valence-corrected chi connectivity index (χ4v) is 2.62. The van der Waals surface area contributed by atoms with E-state index in [1.165, 1.54) is 0 Å². The number of carbonyl (C=O) groups excluding carboxylic acids is 1. The first kappa shape index (κ1) is 16.1. The third kappa shape index (κ3) is 3.69. The van der Waals surface area contributed by atoms with Crippen LogP contribution in [0.15, 0.2) is 18.2 Å². The molecule has 1 heterocycles. The normalized spacial score (nSPS) is 24.9. The largest absolute Gasteiger partial charge is 0.384 e. The van der Waals surface area contributed by atoms with Gasteiger partial charge in [0.2, 0.25) is 0 Å². The third-order valence-electron chi connectivity index (χ3n) is 4.08. The molecule has 1 aromatic carbocycles. The summed E-state index contributed by atoms with van der Waals surface area (Å²) in [6.07, 6.45) is 1.82. The number of rotatable bonds is 5. The molecule has 4 nitrogen and oxygen atoms in total. The Balaban J connectivity index is 2.19. The summed E-state index contributed by atoms with van der Waals surface area (Å²) in [5.41, 5.74) is 1.06. The molecule has 1 aliphatic heterocycles. The first-order valence-electron chi connectivity index (χ1n) is 7.44. The van der Waals surface area contributed by atoms with Gasteiger partial charge in [0.15, 0.2) is 0 Å². The molecule has 1 fully saturated rings. The summed E-state index contributed by atoms with van der Waals surface area (Å²) < 4.78 is 5.57. The molecule has 0 radical (unpaired) electrons. The van der Waals surface area contributed by atoms with E-state index in [4.69, 9.17) is 16.3 Å². The van der Waals surface area contributed by atoms with Crippen molar-refractivity contribution in [3.63, 3.8) is 0 Å². The average Bonchev–Trinajstić information content (AvgIpc) is 2.77. The summed E-state index contributed by atoms with van der Waals surface area (Å²) in [7, 11) is 0. The molecule has 21 heavy (non-hydrogen) atoms. The number of amides is 1. The van der Waals surface area contributed by atoms with E-state index >= 15 is 0 Å². The highest BCUT2D eigenvalue weighted by Gasteiger charge is 2.38. The quantitative estimate of drug-likeness (QED) is 0.875. The predicted molar refractivity (Wildman–Crippen MR) is 86.1 cm³/mol. The standard InChI is InChI=1S/C16H23ClN2O2/c1-4-8-18-14-6-5-12(17)10-13(14)15(20)19-16(3)7-9-21-11(16)2/h5-6,10-11,18H,4,7-9H2,1-3H3,(H,19,20). The van der Waals surface area contributed by atoms with Crippen LogP contribution in [0.1, 0.15) is 44.0 Å². The van der Waals surface area contributed by atoms with Crippen molar-refractivity contribution in [1.29, 1.82) is 0 Å². The van der Waals surface area contributed by atoms with Crippen molar-refractivity contribution in [1.82, 2.24) is 5.32 Å². The molecule has 2 unspecified atom stereocenters. The highest BCUT2D eigenvalue weighted by molar-refractivity contribution is 6.31. The molecule has 0 spiro atoms. The molecule has 0 bridgehead atoms. The molecular formula is C16H23ClN2O2. The number of anilines is 1. The molecule has 0 aromatic heterocycles. The lowest BCUT2D eigenvalue weighted by Gasteiger charge is -2.29. The molecule has 1 aromatic rings. The van der Waals surface area contributed by atoms with Crippen molar-refractivity contribution < 1.29 is 9.53 Å². The topological polar surface area (TPSA) is 50.4 Å². The molecule has 1 amide bonds. The van der Waals surface area contributed by atoms with Crippen LogP contribution < -0.4 is 10.6 Å². The number of halogens is 1. The second-order valence-electron chi connectivity index (χ2n) is 5.75. The van der Waals surface area contributed by atoms with Gasteiger partial charge in [-0.25, -0.2) is 0 Å². The molecule has 0 aliphatic carbocycles. The maximum Gasteiger partial charge on any atom is 0.253 e. The summed E-state index contributed by atoms with van der Waals surface area (Å²) in [5, 5.41) is 6.93. The SMILES string of the molecule is CCCNc1ccc(Cl)cc1C(=O)NC1(C)CCOC1C. The van der Waals surface area contributed by atoms with E-state index in [-0.39, 0.29) is 17.6 Å². The maximum absolute atomic E-state index is 12.6. The van der Waals surface area contributed by atoms with Gasteiger partial charge >= 0.3 is 0 Å². The molecular weight excluding hydrogens is 288 g/mol. The first-order chi connectivity index (χ1) is 9.96. The van der Waals surface area contributed by atoms with Crippen LogP contribution in [-0.4, -0.2) is 30.7 Å².